The van der Waals surface area contributed by atoms with Gasteiger partial charge in [-0.15, -0.1) is 10.2 Å². The van der Waals surface area contributed by atoms with E-state index in [-0.39, 0.29) is 0 Å². The summed E-state index contributed by atoms with van der Waals surface area (Å²) < 4.78 is 3.47. The molecule has 9 heteroatoms. The molecular formula is C17H16N8S. The Morgan fingerprint density at radius 3 is 2.50 bits per heavy atom. The third-order valence-corrected chi connectivity index (χ3v) is 4.81. The molecule has 0 amide bonds. The maximum Gasteiger partial charge on any atom is 0.214 e. The van der Waals surface area contributed by atoms with Crippen LogP contribution in [0.1, 0.15) is 17.0 Å². The molecule has 0 spiro atoms. The lowest BCUT2D eigenvalue weighted by Crippen LogP contribution is -2.04. The van der Waals surface area contributed by atoms with Gasteiger partial charge in [-0.25, -0.2) is 0 Å². The van der Waals surface area contributed by atoms with Gasteiger partial charge in [-0.05, 0) is 64.0 Å². The molecule has 8 nitrogen and oxygen atoms in total. The SMILES string of the molecule is Cc1ccc(C)c(-n2nnnc2SCc2nnnn2-c2ccccc2)c1. The Bertz CT molecular complexity index is 1020. The Hall–Kier alpha value is -3.07. The van der Waals surface area contributed by atoms with Crippen LogP contribution in [0.3, 0.4) is 0 Å². The van der Waals surface area contributed by atoms with E-state index in [1.807, 2.05) is 44.2 Å². The number of hydrogen-bond acceptors (Lipinski definition) is 7. The maximum absolute atomic E-state index is 4.15. The topological polar surface area (TPSA) is 87.2 Å². The fourth-order valence-corrected chi connectivity index (χ4v) is 3.35. The van der Waals surface area contributed by atoms with Crippen molar-refractivity contribution in [3.8, 4) is 11.4 Å². The van der Waals surface area contributed by atoms with Gasteiger partial charge in [-0.2, -0.15) is 9.36 Å². The number of tetrazole rings is 2. The van der Waals surface area contributed by atoms with E-state index in [1.165, 1.54) is 11.8 Å². The Labute approximate surface area is 154 Å². The summed E-state index contributed by atoms with van der Waals surface area (Å²) in [4.78, 5) is 0. The Morgan fingerprint density at radius 2 is 1.65 bits per heavy atom. The molecule has 26 heavy (non-hydrogen) atoms. The van der Waals surface area contributed by atoms with Crippen molar-refractivity contribution in [3.05, 3.63) is 65.5 Å². The molecule has 130 valence electrons. The van der Waals surface area contributed by atoms with Gasteiger partial charge in [0.05, 0.1) is 17.1 Å². The number of aromatic nitrogens is 8. The van der Waals surface area contributed by atoms with Gasteiger partial charge < -0.3 is 0 Å². The van der Waals surface area contributed by atoms with Crippen molar-refractivity contribution in [2.24, 2.45) is 0 Å². The summed E-state index contributed by atoms with van der Waals surface area (Å²) in [5.74, 6) is 1.28. The van der Waals surface area contributed by atoms with Crippen molar-refractivity contribution in [1.29, 1.82) is 0 Å². The van der Waals surface area contributed by atoms with Crippen molar-refractivity contribution in [2.45, 2.75) is 24.8 Å². The van der Waals surface area contributed by atoms with Crippen LogP contribution in [-0.4, -0.2) is 40.4 Å². The Kier molecular flexibility index (Phi) is 4.44. The highest BCUT2D eigenvalue weighted by atomic mass is 32.2. The second kappa shape index (κ2) is 7.04. The summed E-state index contributed by atoms with van der Waals surface area (Å²) in [6, 6.07) is 16.0. The van der Waals surface area contributed by atoms with Crippen molar-refractivity contribution in [1.82, 2.24) is 40.4 Å². The monoisotopic (exact) mass is 364 g/mol. The summed E-state index contributed by atoms with van der Waals surface area (Å²) in [7, 11) is 0. The van der Waals surface area contributed by atoms with Gasteiger partial charge >= 0.3 is 0 Å². The van der Waals surface area contributed by atoms with E-state index < -0.39 is 0 Å². The van der Waals surface area contributed by atoms with Crippen LogP contribution in [-0.2, 0) is 5.75 Å². The number of thioether (sulfide) groups is 1. The van der Waals surface area contributed by atoms with Gasteiger partial charge in [0.2, 0.25) is 5.16 Å². The molecule has 0 saturated carbocycles. The average Bonchev–Trinajstić information content (AvgIpc) is 3.31. The largest absolute Gasteiger partial charge is 0.214 e. The lowest BCUT2D eigenvalue weighted by molar-refractivity contribution is 0.750. The first-order chi connectivity index (χ1) is 12.7. The highest BCUT2D eigenvalue weighted by Gasteiger charge is 2.14. The van der Waals surface area contributed by atoms with Gasteiger partial charge in [0.15, 0.2) is 5.82 Å². The van der Waals surface area contributed by atoms with E-state index in [2.05, 4.69) is 49.3 Å². The second-order valence-electron chi connectivity index (χ2n) is 5.79. The molecule has 2 aromatic carbocycles. The molecule has 0 bridgehead atoms. The van der Waals surface area contributed by atoms with Gasteiger partial charge in [0.25, 0.3) is 0 Å². The molecule has 0 fully saturated rings. The van der Waals surface area contributed by atoms with Crippen LogP contribution in [0.25, 0.3) is 11.4 Å². The lowest BCUT2D eigenvalue weighted by atomic mass is 10.1. The standard InChI is InChI=1S/C17H16N8S/c1-12-8-9-13(2)15(10-12)25-17(19-21-23-25)26-11-16-18-20-22-24(16)14-6-4-3-5-7-14/h3-10H,11H2,1-2H3. The van der Waals surface area contributed by atoms with Gasteiger partial charge in [0, 0.05) is 0 Å². The van der Waals surface area contributed by atoms with Gasteiger partial charge in [0.1, 0.15) is 0 Å². The molecule has 2 aromatic heterocycles. The van der Waals surface area contributed by atoms with E-state index in [4.69, 9.17) is 0 Å². The first-order valence-corrected chi connectivity index (χ1v) is 9.02. The third kappa shape index (κ3) is 3.21. The van der Waals surface area contributed by atoms with Crippen LogP contribution in [0.2, 0.25) is 0 Å². The highest BCUT2D eigenvalue weighted by Crippen LogP contribution is 2.24. The van der Waals surface area contributed by atoms with E-state index in [0.717, 1.165) is 28.3 Å². The minimum absolute atomic E-state index is 0.549. The number of para-hydroxylation sites is 1. The predicted octanol–water partition coefficient (Wildman–Crippen LogP) is 2.55. The van der Waals surface area contributed by atoms with E-state index in [0.29, 0.717) is 10.9 Å². The van der Waals surface area contributed by atoms with Gasteiger partial charge in [-0.3, -0.25) is 0 Å². The van der Waals surface area contributed by atoms with Crippen molar-refractivity contribution < 1.29 is 0 Å². The molecule has 0 aliphatic carbocycles. The minimum atomic E-state index is 0.549. The molecule has 0 aliphatic heterocycles. The maximum atomic E-state index is 4.15. The number of hydrogen-bond donors (Lipinski definition) is 0. The molecule has 0 N–H and O–H groups in total. The van der Waals surface area contributed by atoms with Crippen LogP contribution in [0.15, 0.2) is 53.7 Å². The Balaban J connectivity index is 1.59. The smallest absolute Gasteiger partial charge is 0.196 e. The average molecular weight is 364 g/mol. The van der Waals surface area contributed by atoms with Crippen molar-refractivity contribution in [2.75, 3.05) is 0 Å². The Morgan fingerprint density at radius 1 is 0.885 bits per heavy atom. The zero-order valence-electron chi connectivity index (χ0n) is 14.3. The normalized spacial score (nSPS) is 11.0. The molecule has 4 rings (SSSR count). The van der Waals surface area contributed by atoms with E-state index in [9.17, 15) is 0 Å². The van der Waals surface area contributed by atoms with Crippen LogP contribution in [0.5, 0.6) is 0 Å². The van der Waals surface area contributed by atoms with Gasteiger partial charge in [-0.1, -0.05) is 42.1 Å². The van der Waals surface area contributed by atoms with Crippen LogP contribution in [0, 0.1) is 13.8 Å². The molecule has 0 saturated heterocycles. The summed E-state index contributed by atoms with van der Waals surface area (Å²) in [5.41, 5.74) is 4.16. The number of rotatable bonds is 5. The highest BCUT2D eigenvalue weighted by molar-refractivity contribution is 7.98. The zero-order chi connectivity index (χ0) is 17.9. The first-order valence-electron chi connectivity index (χ1n) is 8.04. The van der Waals surface area contributed by atoms with Crippen LogP contribution in [0.4, 0.5) is 0 Å². The fraction of sp³-hybridized carbons (Fsp3) is 0.176. The second-order valence-corrected chi connectivity index (χ2v) is 6.74. The molecule has 4 aromatic rings. The lowest BCUT2D eigenvalue weighted by Gasteiger charge is -2.08. The van der Waals surface area contributed by atoms with E-state index >= 15 is 0 Å². The molecule has 0 atom stereocenters. The van der Waals surface area contributed by atoms with Crippen molar-refractivity contribution in [3.63, 3.8) is 0 Å². The third-order valence-electron chi connectivity index (χ3n) is 3.90. The fourth-order valence-electron chi connectivity index (χ4n) is 2.56. The molecule has 0 unspecified atom stereocenters. The molecular weight excluding hydrogens is 348 g/mol. The van der Waals surface area contributed by atoms with E-state index in [1.54, 1.807) is 9.36 Å². The molecule has 2 heterocycles. The quantitative estimate of drug-likeness (QED) is 0.503. The summed E-state index contributed by atoms with van der Waals surface area (Å²) in [6.07, 6.45) is 0. The van der Waals surface area contributed by atoms with Crippen LogP contribution >= 0.6 is 11.8 Å². The number of benzene rings is 2. The summed E-state index contributed by atoms with van der Waals surface area (Å²) in [6.45, 7) is 4.09. The van der Waals surface area contributed by atoms with Crippen LogP contribution < -0.4 is 0 Å². The number of aryl methyl sites for hydroxylation is 2. The minimum Gasteiger partial charge on any atom is -0.196 e. The predicted molar refractivity (Wildman–Crippen MR) is 97.3 cm³/mol. The summed E-state index contributed by atoms with van der Waals surface area (Å²) >= 11 is 1.49. The zero-order valence-corrected chi connectivity index (χ0v) is 15.1. The van der Waals surface area contributed by atoms with Crippen molar-refractivity contribution >= 4 is 11.8 Å². The number of nitrogens with zero attached hydrogens (tertiary/aromatic N) is 8. The first kappa shape index (κ1) is 16.4. The molecule has 0 radical (unpaired) electrons. The summed E-state index contributed by atoms with van der Waals surface area (Å²) in [5, 5.41) is 24.8. The molecule has 0 aliphatic rings.